The number of nitrogens with zero attached hydrogens (tertiary/aromatic N) is 1. The number of hydrogen-bond acceptors (Lipinski definition) is 3. The molecule has 4 heteroatoms. The van der Waals surface area contributed by atoms with Crippen LogP contribution >= 0.6 is 0 Å². The standard InChI is InChI=1S/C11H15NO3/c1-8(2)11(14)6-12(7-11)10(13)9-3-4-15-5-9/h3-5,8,14H,6-7H2,1-2H3. The Morgan fingerprint density at radius 2 is 2.27 bits per heavy atom. The zero-order chi connectivity index (χ0) is 11.1. The first kappa shape index (κ1) is 10.2. The Balaban J connectivity index is 1.98. The summed E-state index contributed by atoms with van der Waals surface area (Å²) in [4.78, 5) is 13.4. The van der Waals surface area contributed by atoms with Gasteiger partial charge in [-0.2, -0.15) is 0 Å². The molecule has 1 fully saturated rings. The van der Waals surface area contributed by atoms with Crippen molar-refractivity contribution in [2.75, 3.05) is 13.1 Å². The molecule has 1 saturated heterocycles. The van der Waals surface area contributed by atoms with E-state index >= 15 is 0 Å². The third-order valence-electron chi connectivity index (χ3n) is 3.06. The number of hydrogen-bond donors (Lipinski definition) is 1. The molecule has 0 aromatic carbocycles. The van der Waals surface area contributed by atoms with Crippen LogP contribution in [-0.2, 0) is 0 Å². The van der Waals surface area contributed by atoms with Gasteiger partial charge in [-0.15, -0.1) is 0 Å². The zero-order valence-corrected chi connectivity index (χ0v) is 8.93. The predicted octanol–water partition coefficient (Wildman–Crippen LogP) is 1.12. The van der Waals surface area contributed by atoms with Crippen LogP contribution in [0.1, 0.15) is 24.2 Å². The molecule has 0 unspecified atom stereocenters. The molecular weight excluding hydrogens is 194 g/mol. The first-order chi connectivity index (χ1) is 7.03. The van der Waals surface area contributed by atoms with Crippen LogP contribution in [0.2, 0.25) is 0 Å². The average molecular weight is 209 g/mol. The van der Waals surface area contributed by atoms with Crippen molar-refractivity contribution in [2.45, 2.75) is 19.4 Å². The molecule has 1 aliphatic heterocycles. The van der Waals surface area contributed by atoms with Crippen molar-refractivity contribution in [3.8, 4) is 0 Å². The van der Waals surface area contributed by atoms with E-state index in [2.05, 4.69) is 0 Å². The van der Waals surface area contributed by atoms with Crippen molar-refractivity contribution in [1.82, 2.24) is 4.90 Å². The van der Waals surface area contributed by atoms with E-state index in [1.54, 1.807) is 11.0 Å². The highest BCUT2D eigenvalue weighted by molar-refractivity contribution is 5.94. The number of likely N-dealkylation sites (tertiary alicyclic amines) is 1. The van der Waals surface area contributed by atoms with E-state index in [-0.39, 0.29) is 11.8 Å². The number of carbonyl (C=O) groups is 1. The molecule has 1 N–H and O–H groups in total. The van der Waals surface area contributed by atoms with E-state index in [4.69, 9.17) is 4.42 Å². The largest absolute Gasteiger partial charge is 0.472 e. The maximum Gasteiger partial charge on any atom is 0.257 e. The van der Waals surface area contributed by atoms with Gasteiger partial charge in [-0.1, -0.05) is 13.8 Å². The minimum atomic E-state index is -0.709. The maximum absolute atomic E-state index is 11.8. The molecule has 4 nitrogen and oxygen atoms in total. The Labute approximate surface area is 88.5 Å². The molecule has 0 aliphatic carbocycles. The molecule has 0 bridgehead atoms. The minimum Gasteiger partial charge on any atom is -0.472 e. The highest BCUT2D eigenvalue weighted by atomic mass is 16.3. The highest BCUT2D eigenvalue weighted by Gasteiger charge is 2.45. The normalized spacial score (nSPS) is 19.1. The van der Waals surface area contributed by atoms with Gasteiger partial charge in [-0.25, -0.2) is 0 Å². The van der Waals surface area contributed by atoms with Gasteiger partial charge < -0.3 is 14.4 Å². The lowest BCUT2D eigenvalue weighted by atomic mass is 9.83. The second kappa shape index (κ2) is 3.38. The van der Waals surface area contributed by atoms with E-state index < -0.39 is 5.60 Å². The second-order valence-electron chi connectivity index (χ2n) is 4.43. The predicted molar refractivity (Wildman–Crippen MR) is 54.4 cm³/mol. The number of rotatable bonds is 2. The molecule has 0 saturated carbocycles. The Morgan fingerprint density at radius 1 is 1.60 bits per heavy atom. The lowest BCUT2D eigenvalue weighted by Crippen LogP contribution is -2.65. The summed E-state index contributed by atoms with van der Waals surface area (Å²) in [6.45, 7) is 4.74. The van der Waals surface area contributed by atoms with Gasteiger partial charge in [0.1, 0.15) is 11.9 Å². The number of aliphatic hydroxyl groups is 1. The van der Waals surface area contributed by atoms with Gasteiger partial charge in [0.15, 0.2) is 0 Å². The fourth-order valence-electron chi connectivity index (χ4n) is 1.69. The molecule has 15 heavy (non-hydrogen) atoms. The van der Waals surface area contributed by atoms with Crippen LogP contribution < -0.4 is 0 Å². The van der Waals surface area contributed by atoms with Gasteiger partial charge in [-0.05, 0) is 12.0 Å². The quantitative estimate of drug-likeness (QED) is 0.794. The first-order valence-electron chi connectivity index (χ1n) is 5.07. The van der Waals surface area contributed by atoms with Crippen LogP contribution in [0, 0.1) is 5.92 Å². The van der Waals surface area contributed by atoms with Crippen molar-refractivity contribution >= 4 is 5.91 Å². The number of β-amino-alcohol motifs (C(OH)–C–C–N with tert-alkyl or cyclic N) is 1. The molecule has 2 heterocycles. The molecule has 82 valence electrons. The lowest BCUT2D eigenvalue weighted by molar-refractivity contribution is -0.110. The number of amides is 1. The summed E-state index contributed by atoms with van der Waals surface area (Å²) >= 11 is 0. The molecule has 2 rings (SSSR count). The van der Waals surface area contributed by atoms with Crippen molar-refractivity contribution in [1.29, 1.82) is 0 Å². The van der Waals surface area contributed by atoms with Crippen LogP contribution in [0.25, 0.3) is 0 Å². The van der Waals surface area contributed by atoms with Crippen LogP contribution in [-0.4, -0.2) is 34.6 Å². The first-order valence-corrected chi connectivity index (χ1v) is 5.07. The van der Waals surface area contributed by atoms with Gasteiger partial charge in [0.25, 0.3) is 5.91 Å². The summed E-state index contributed by atoms with van der Waals surface area (Å²) in [5, 5.41) is 9.99. The summed E-state index contributed by atoms with van der Waals surface area (Å²) in [5.41, 5.74) is -0.167. The van der Waals surface area contributed by atoms with Gasteiger partial charge in [0, 0.05) is 0 Å². The fourth-order valence-corrected chi connectivity index (χ4v) is 1.69. The molecule has 1 aliphatic rings. The third-order valence-corrected chi connectivity index (χ3v) is 3.06. The average Bonchev–Trinajstić information content (AvgIpc) is 2.64. The van der Waals surface area contributed by atoms with E-state index in [1.807, 2.05) is 13.8 Å². The molecule has 0 spiro atoms. The monoisotopic (exact) mass is 209 g/mol. The van der Waals surface area contributed by atoms with E-state index in [0.29, 0.717) is 18.7 Å². The fraction of sp³-hybridized carbons (Fsp3) is 0.545. The van der Waals surface area contributed by atoms with Crippen LogP contribution in [0.15, 0.2) is 23.0 Å². The third kappa shape index (κ3) is 1.65. The summed E-state index contributed by atoms with van der Waals surface area (Å²) in [6.07, 6.45) is 2.90. The summed E-state index contributed by atoms with van der Waals surface area (Å²) in [6, 6.07) is 1.63. The minimum absolute atomic E-state index is 0.0749. The molecule has 1 aromatic rings. The van der Waals surface area contributed by atoms with Crippen LogP contribution in [0.5, 0.6) is 0 Å². The van der Waals surface area contributed by atoms with E-state index in [1.165, 1.54) is 12.5 Å². The number of carbonyl (C=O) groups excluding carboxylic acids is 1. The van der Waals surface area contributed by atoms with Crippen LogP contribution in [0.4, 0.5) is 0 Å². The Morgan fingerprint density at radius 3 is 2.73 bits per heavy atom. The lowest BCUT2D eigenvalue weighted by Gasteiger charge is -2.48. The Bertz CT molecular complexity index is 350. The SMILES string of the molecule is CC(C)C1(O)CN(C(=O)c2ccoc2)C1. The summed E-state index contributed by atoms with van der Waals surface area (Å²) in [7, 11) is 0. The van der Waals surface area contributed by atoms with E-state index in [9.17, 15) is 9.90 Å². The van der Waals surface area contributed by atoms with Crippen LogP contribution in [0.3, 0.4) is 0 Å². The number of furan rings is 1. The Hall–Kier alpha value is -1.29. The van der Waals surface area contributed by atoms with Crippen molar-refractivity contribution in [2.24, 2.45) is 5.92 Å². The summed E-state index contributed by atoms with van der Waals surface area (Å²) in [5.74, 6) is 0.0972. The zero-order valence-electron chi connectivity index (χ0n) is 8.93. The van der Waals surface area contributed by atoms with Crippen molar-refractivity contribution in [3.63, 3.8) is 0 Å². The molecule has 0 atom stereocenters. The van der Waals surface area contributed by atoms with Gasteiger partial charge in [0.05, 0.1) is 24.9 Å². The second-order valence-corrected chi connectivity index (χ2v) is 4.43. The molecule has 1 amide bonds. The maximum atomic E-state index is 11.8. The summed E-state index contributed by atoms with van der Waals surface area (Å²) < 4.78 is 4.84. The molecule has 0 radical (unpaired) electrons. The van der Waals surface area contributed by atoms with Crippen molar-refractivity contribution in [3.05, 3.63) is 24.2 Å². The topological polar surface area (TPSA) is 53.7 Å². The highest BCUT2D eigenvalue weighted by Crippen LogP contribution is 2.29. The van der Waals surface area contributed by atoms with Gasteiger partial charge in [-0.3, -0.25) is 4.79 Å². The Kier molecular flexibility index (Phi) is 2.31. The van der Waals surface area contributed by atoms with Gasteiger partial charge >= 0.3 is 0 Å². The molecular formula is C11H15NO3. The van der Waals surface area contributed by atoms with Gasteiger partial charge in [0.2, 0.25) is 0 Å². The van der Waals surface area contributed by atoms with E-state index in [0.717, 1.165) is 0 Å². The smallest absolute Gasteiger partial charge is 0.257 e. The van der Waals surface area contributed by atoms with Crippen molar-refractivity contribution < 1.29 is 14.3 Å². The molecule has 1 aromatic heterocycles.